The molecule has 0 saturated heterocycles. The van der Waals surface area contributed by atoms with Gasteiger partial charge in [0.15, 0.2) is 24.8 Å². The van der Waals surface area contributed by atoms with Crippen LogP contribution >= 0.6 is 0 Å². The summed E-state index contributed by atoms with van der Waals surface area (Å²) < 4.78 is 17.8. The Hall–Kier alpha value is -5.23. The first-order chi connectivity index (χ1) is 25.2. The highest BCUT2D eigenvalue weighted by molar-refractivity contribution is 5.84. The lowest BCUT2D eigenvalue weighted by atomic mass is 10.0. The highest BCUT2D eigenvalue weighted by Gasteiger charge is 2.23. The van der Waals surface area contributed by atoms with E-state index in [1.807, 2.05) is 24.3 Å². The number of para-hydroxylation sites is 1. The van der Waals surface area contributed by atoms with Crippen LogP contribution in [0.1, 0.15) is 64.2 Å². The van der Waals surface area contributed by atoms with Crippen LogP contribution in [0.15, 0.2) is 134 Å². The number of nitrogens with zero attached hydrogens (tertiary/aromatic N) is 4. The van der Waals surface area contributed by atoms with E-state index in [0.29, 0.717) is 0 Å². The SMILES string of the molecule is COc1ccc(-c2nc(-c3cc[n+](CCCCCCCCCCCC[n+]4ccccc4)cc3)n(-c3ccccc3)c2-c2ccc(OC)cc2)cc1. The van der Waals surface area contributed by atoms with Crippen molar-refractivity contribution >= 4 is 0 Å². The minimum absolute atomic E-state index is 0.820. The van der Waals surface area contributed by atoms with Crippen molar-refractivity contribution in [3.05, 3.63) is 134 Å². The Morgan fingerprint density at radius 3 is 1.47 bits per heavy atom. The number of benzene rings is 3. The van der Waals surface area contributed by atoms with Crippen molar-refractivity contribution in [1.82, 2.24) is 9.55 Å². The Labute approximate surface area is 304 Å². The van der Waals surface area contributed by atoms with Gasteiger partial charge in [0.2, 0.25) is 0 Å². The van der Waals surface area contributed by atoms with Gasteiger partial charge in [0.05, 0.1) is 25.6 Å². The van der Waals surface area contributed by atoms with Crippen LogP contribution < -0.4 is 18.6 Å². The number of imidazole rings is 1. The lowest BCUT2D eigenvalue weighted by molar-refractivity contribution is -0.697. The van der Waals surface area contributed by atoms with Crippen molar-refractivity contribution in [3.63, 3.8) is 0 Å². The summed E-state index contributed by atoms with van der Waals surface area (Å²) in [6, 6.07) is 37.6. The van der Waals surface area contributed by atoms with Gasteiger partial charge in [-0.1, -0.05) is 62.8 Å². The first-order valence-corrected chi connectivity index (χ1v) is 18.6. The summed E-state index contributed by atoms with van der Waals surface area (Å²) in [5.74, 6) is 2.55. The minimum Gasteiger partial charge on any atom is -0.497 e. The summed E-state index contributed by atoms with van der Waals surface area (Å²) in [6.45, 7) is 2.16. The molecule has 3 aromatic carbocycles. The molecule has 0 spiro atoms. The Kier molecular flexibility index (Phi) is 13.0. The number of unbranched alkanes of at least 4 members (excludes halogenated alkanes) is 9. The van der Waals surface area contributed by atoms with Gasteiger partial charge in [-0.15, -0.1) is 0 Å². The molecule has 0 saturated carbocycles. The quantitative estimate of drug-likeness (QED) is 0.0632. The molecule has 51 heavy (non-hydrogen) atoms. The monoisotopic (exact) mass is 680 g/mol. The van der Waals surface area contributed by atoms with Crippen LogP contribution in [-0.2, 0) is 13.1 Å². The maximum atomic E-state index is 5.49. The average Bonchev–Trinajstić information content (AvgIpc) is 3.60. The number of rotatable bonds is 19. The van der Waals surface area contributed by atoms with Crippen LogP contribution in [0.3, 0.4) is 0 Å². The fraction of sp³-hybridized carbons (Fsp3) is 0.311. The summed E-state index contributed by atoms with van der Waals surface area (Å²) in [5, 5.41) is 0. The molecule has 3 aromatic heterocycles. The van der Waals surface area contributed by atoms with Crippen LogP contribution in [0.5, 0.6) is 11.5 Å². The van der Waals surface area contributed by atoms with Gasteiger partial charge < -0.3 is 9.47 Å². The normalized spacial score (nSPS) is 11.1. The third kappa shape index (κ3) is 9.72. The van der Waals surface area contributed by atoms with Crippen molar-refractivity contribution in [1.29, 1.82) is 0 Å². The van der Waals surface area contributed by atoms with Crippen LogP contribution in [0.25, 0.3) is 39.6 Å². The van der Waals surface area contributed by atoms with E-state index in [0.717, 1.165) is 64.2 Å². The van der Waals surface area contributed by atoms with E-state index in [9.17, 15) is 0 Å². The third-order valence-electron chi connectivity index (χ3n) is 9.63. The molecule has 0 bridgehead atoms. The van der Waals surface area contributed by atoms with Crippen LogP contribution in [0.4, 0.5) is 0 Å². The number of aromatic nitrogens is 4. The fourth-order valence-electron chi connectivity index (χ4n) is 6.75. The van der Waals surface area contributed by atoms with E-state index >= 15 is 0 Å². The third-order valence-corrected chi connectivity index (χ3v) is 9.63. The van der Waals surface area contributed by atoms with Gasteiger partial charge in [0.1, 0.15) is 30.4 Å². The van der Waals surface area contributed by atoms with E-state index in [-0.39, 0.29) is 0 Å². The summed E-state index contributed by atoms with van der Waals surface area (Å²) in [4.78, 5) is 5.36. The second-order valence-corrected chi connectivity index (χ2v) is 13.2. The molecule has 6 aromatic rings. The summed E-state index contributed by atoms with van der Waals surface area (Å²) in [7, 11) is 3.39. The van der Waals surface area contributed by atoms with Crippen LogP contribution in [-0.4, -0.2) is 23.8 Å². The maximum absolute atomic E-state index is 5.49. The Morgan fingerprint density at radius 1 is 0.471 bits per heavy atom. The Balaban J connectivity index is 1.08. The number of hydrogen-bond donors (Lipinski definition) is 0. The number of ether oxygens (including phenoxy) is 2. The lowest BCUT2D eigenvalue weighted by Gasteiger charge is -2.14. The van der Waals surface area contributed by atoms with E-state index in [2.05, 4.69) is 123 Å². The van der Waals surface area contributed by atoms with E-state index < -0.39 is 0 Å². The van der Waals surface area contributed by atoms with Crippen molar-refractivity contribution in [2.45, 2.75) is 77.3 Å². The molecule has 0 aliphatic rings. The minimum atomic E-state index is 0.820. The first-order valence-electron chi connectivity index (χ1n) is 18.6. The van der Waals surface area contributed by atoms with Gasteiger partial charge in [0.25, 0.3) is 0 Å². The average molecular weight is 681 g/mol. The molecule has 0 aliphatic carbocycles. The number of methoxy groups -OCH3 is 2. The highest BCUT2D eigenvalue weighted by Crippen LogP contribution is 2.39. The second kappa shape index (κ2) is 18.7. The predicted molar refractivity (Wildman–Crippen MR) is 206 cm³/mol. The van der Waals surface area contributed by atoms with Crippen molar-refractivity contribution < 1.29 is 18.6 Å². The molecule has 6 nitrogen and oxygen atoms in total. The van der Waals surface area contributed by atoms with Gasteiger partial charge >= 0.3 is 0 Å². The van der Waals surface area contributed by atoms with Crippen molar-refractivity contribution in [2.24, 2.45) is 0 Å². The van der Waals surface area contributed by atoms with E-state index in [1.165, 1.54) is 64.2 Å². The van der Waals surface area contributed by atoms with Crippen molar-refractivity contribution in [3.8, 4) is 51.1 Å². The molecule has 0 N–H and O–H groups in total. The largest absolute Gasteiger partial charge is 0.497 e. The second-order valence-electron chi connectivity index (χ2n) is 13.2. The topological polar surface area (TPSA) is 44.0 Å². The van der Waals surface area contributed by atoms with Crippen molar-refractivity contribution in [2.75, 3.05) is 14.2 Å². The molecule has 0 unspecified atom stereocenters. The summed E-state index contributed by atoms with van der Waals surface area (Å²) in [6.07, 6.45) is 21.9. The Morgan fingerprint density at radius 2 is 0.941 bits per heavy atom. The summed E-state index contributed by atoms with van der Waals surface area (Å²) >= 11 is 0. The summed E-state index contributed by atoms with van der Waals surface area (Å²) in [5.41, 5.74) is 6.17. The smallest absolute Gasteiger partial charge is 0.169 e. The predicted octanol–water partition coefficient (Wildman–Crippen LogP) is 10.1. The molecule has 6 heteroatoms. The molecule has 0 aliphatic heterocycles. The van der Waals surface area contributed by atoms with Gasteiger partial charge in [-0.25, -0.2) is 14.1 Å². The van der Waals surface area contributed by atoms with Crippen LogP contribution in [0, 0.1) is 0 Å². The highest BCUT2D eigenvalue weighted by atomic mass is 16.5. The number of pyridine rings is 2. The molecule has 0 atom stereocenters. The standard InChI is InChI=1S/C45H52N4O2/c1-50-41-25-21-37(22-26-41)43-44(38-23-27-42(51-2)28-24-38)49(40-19-13-11-14-20-40)45(46-43)39-29-35-48(36-30-39)34-16-10-8-6-4-3-5-7-9-15-31-47-32-17-12-18-33-47/h11-14,17-30,32-33,35-36H,3-10,15-16,31,34H2,1-2H3/q+2. The molecule has 0 fully saturated rings. The number of aryl methyl sites for hydroxylation is 2. The van der Waals surface area contributed by atoms with Crippen LogP contribution in [0.2, 0.25) is 0 Å². The first kappa shape index (κ1) is 35.6. The maximum Gasteiger partial charge on any atom is 0.169 e. The zero-order valence-corrected chi connectivity index (χ0v) is 30.3. The zero-order valence-electron chi connectivity index (χ0n) is 30.3. The van der Waals surface area contributed by atoms with E-state index in [1.54, 1.807) is 14.2 Å². The van der Waals surface area contributed by atoms with Gasteiger partial charge in [-0.3, -0.25) is 4.57 Å². The molecule has 6 rings (SSSR count). The van der Waals surface area contributed by atoms with Gasteiger partial charge in [-0.2, -0.15) is 0 Å². The molecule has 3 heterocycles. The molecular weight excluding hydrogens is 629 g/mol. The van der Waals surface area contributed by atoms with E-state index in [4.69, 9.17) is 14.5 Å². The van der Waals surface area contributed by atoms with Gasteiger partial charge in [0, 0.05) is 59.5 Å². The fourth-order valence-corrected chi connectivity index (χ4v) is 6.75. The molecular formula is C45H52N4O2+2. The Bertz CT molecular complexity index is 1890. The lowest BCUT2D eigenvalue weighted by Crippen LogP contribution is -2.32. The molecule has 0 amide bonds. The molecule has 0 radical (unpaired) electrons. The zero-order chi connectivity index (χ0) is 35.1. The van der Waals surface area contributed by atoms with Gasteiger partial charge in [-0.05, 0) is 73.5 Å². The number of hydrogen-bond acceptors (Lipinski definition) is 3. The molecule has 262 valence electrons.